The largest absolute Gasteiger partial charge is 0.392 e. The Hall–Kier alpha value is -2.54. The lowest BCUT2D eigenvalue weighted by atomic mass is 9.89. The summed E-state index contributed by atoms with van der Waals surface area (Å²) in [6, 6.07) is 24.9. The lowest BCUT2D eigenvalue weighted by Crippen LogP contribution is -2.45. The van der Waals surface area contributed by atoms with Gasteiger partial charge in [0.05, 0.1) is 18.8 Å². The number of aliphatic hydroxyl groups excluding tert-OH is 1. The molecular formula is C31H38N2O3. The number of ether oxygens (including phenoxy) is 2. The third-order valence-corrected chi connectivity index (χ3v) is 7.74. The number of benzene rings is 3. The molecular weight excluding hydrogens is 448 g/mol. The van der Waals surface area contributed by atoms with E-state index in [-0.39, 0.29) is 24.7 Å². The van der Waals surface area contributed by atoms with E-state index in [9.17, 15) is 5.11 Å². The molecule has 3 N–H and O–H groups in total. The summed E-state index contributed by atoms with van der Waals surface area (Å²) in [5.74, 6) is 0.207. The van der Waals surface area contributed by atoms with Gasteiger partial charge in [-0.3, -0.25) is 0 Å². The van der Waals surface area contributed by atoms with Gasteiger partial charge in [0.2, 0.25) is 0 Å². The Morgan fingerprint density at radius 2 is 1.56 bits per heavy atom. The van der Waals surface area contributed by atoms with E-state index < -0.39 is 6.29 Å². The molecule has 190 valence electrons. The van der Waals surface area contributed by atoms with Gasteiger partial charge in [-0.15, -0.1) is 0 Å². The second-order valence-corrected chi connectivity index (χ2v) is 10.2. The molecule has 5 nitrogen and oxygen atoms in total. The third-order valence-electron chi connectivity index (χ3n) is 7.74. The van der Waals surface area contributed by atoms with Gasteiger partial charge in [-0.05, 0) is 53.7 Å². The summed E-state index contributed by atoms with van der Waals surface area (Å²) in [7, 11) is 0. The van der Waals surface area contributed by atoms with Gasteiger partial charge in [0.1, 0.15) is 0 Å². The summed E-state index contributed by atoms with van der Waals surface area (Å²) in [6.45, 7) is 6.01. The summed E-state index contributed by atoms with van der Waals surface area (Å²) < 4.78 is 13.3. The highest BCUT2D eigenvalue weighted by Crippen LogP contribution is 2.42. The van der Waals surface area contributed by atoms with Crippen LogP contribution in [0.4, 0.5) is 0 Å². The molecule has 0 radical (unpaired) electrons. The zero-order chi connectivity index (χ0) is 24.9. The fourth-order valence-corrected chi connectivity index (χ4v) is 5.52. The van der Waals surface area contributed by atoms with Gasteiger partial charge in [0.25, 0.3) is 0 Å². The third kappa shape index (κ3) is 5.56. The number of likely N-dealkylation sites (tertiary alicyclic amines) is 1. The first-order valence-electron chi connectivity index (χ1n) is 13.3. The smallest absolute Gasteiger partial charge is 0.184 e. The average Bonchev–Trinajstić information content (AvgIpc) is 2.95. The monoisotopic (exact) mass is 486 g/mol. The maximum atomic E-state index is 9.48. The van der Waals surface area contributed by atoms with Crippen molar-refractivity contribution in [2.45, 2.75) is 57.8 Å². The van der Waals surface area contributed by atoms with Crippen molar-refractivity contribution in [1.29, 1.82) is 0 Å². The molecule has 3 aromatic rings. The minimum atomic E-state index is -0.433. The van der Waals surface area contributed by atoms with Gasteiger partial charge in [-0.2, -0.15) is 0 Å². The molecule has 2 saturated heterocycles. The minimum absolute atomic E-state index is 0.0459. The quantitative estimate of drug-likeness (QED) is 0.456. The van der Waals surface area contributed by atoms with Crippen molar-refractivity contribution < 1.29 is 14.6 Å². The Morgan fingerprint density at radius 1 is 0.861 bits per heavy atom. The van der Waals surface area contributed by atoms with Crippen LogP contribution in [0.25, 0.3) is 11.1 Å². The van der Waals surface area contributed by atoms with Gasteiger partial charge in [0, 0.05) is 24.6 Å². The number of nitrogens with two attached hydrogens (primary N) is 1. The average molecular weight is 487 g/mol. The molecule has 4 atom stereocenters. The molecule has 3 aromatic carbocycles. The van der Waals surface area contributed by atoms with E-state index in [1.54, 1.807) is 0 Å². The Bertz CT molecular complexity index is 1110. The van der Waals surface area contributed by atoms with E-state index in [4.69, 9.17) is 15.2 Å². The molecule has 5 rings (SSSR count). The van der Waals surface area contributed by atoms with Crippen LogP contribution in [0.2, 0.25) is 0 Å². The molecule has 0 spiro atoms. The van der Waals surface area contributed by atoms with Crippen LogP contribution in [0.3, 0.4) is 0 Å². The zero-order valence-electron chi connectivity index (χ0n) is 21.2. The number of piperidine rings is 1. The van der Waals surface area contributed by atoms with Crippen LogP contribution < -0.4 is 5.73 Å². The highest BCUT2D eigenvalue weighted by molar-refractivity contribution is 5.67. The second kappa shape index (κ2) is 11.7. The zero-order valence-corrected chi connectivity index (χ0v) is 21.2. The van der Waals surface area contributed by atoms with Crippen molar-refractivity contribution in [1.82, 2.24) is 4.90 Å². The van der Waals surface area contributed by atoms with E-state index >= 15 is 0 Å². The van der Waals surface area contributed by atoms with Crippen molar-refractivity contribution >= 4 is 0 Å². The number of hydrogen-bond acceptors (Lipinski definition) is 5. The van der Waals surface area contributed by atoms with E-state index in [1.807, 2.05) is 18.2 Å². The van der Waals surface area contributed by atoms with E-state index in [2.05, 4.69) is 66.4 Å². The Balaban J connectivity index is 1.40. The van der Waals surface area contributed by atoms with Crippen molar-refractivity contribution in [2.24, 2.45) is 11.7 Å². The van der Waals surface area contributed by atoms with Gasteiger partial charge < -0.3 is 25.2 Å². The predicted molar refractivity (Wildman–Crippen MR) is 143 cm³/mol. The first-order valence-corrected chi connectivity index (χ1v) is 13.3. The standard InChI is InChI=1S/C31H38N2O3/c1-22-29(20-33-17-5-2-6-18-33)35-31(36-30(22)25-11-9-23(21-34)10-12-25)26-15-13-24(14-16-26)28-8-4-3-7-27(28)19-32/h3-4,7-16,22,29-31,34H,2,5-6,17-21,32H2,1H3/t22-,29+,30+,31+/m1/s1. The fourth-order valence-electron chi connectivity index (χ4n) is 5.52. The Morgan fingerprint density at radius 3 is 2.25 bits per heavy atom. The van der Waals surface area contributed by atoms with E-state index in [1.165, 1.54) is 19.3 Å². The van der Waals surface area contributed by atoms with Crippen LogP contribution in [0.5, 0.6) is 0 Å². The Kier molecular flexibility index (Phi) is 8.15. The van der Waals surface area contributed by atoms with E-state index in [0.717, 1.165) is 53.0 Å². The topological polar surface area (TPSA) is 68.0 Å². The van der Waals surface area contributed by atoms with Crippen molar-refractivity contribution in [3.8, 4) is 11.1 Å². The molecule has 5 heteroatoms. The number of rotatable bonds is 7. The van der Waals surface area contributed by atoms with Crippen LogP contribution in [0.15, 0.2) is 72.8 Å². The van der Waals surface area contributed by atoms with Gasteiger partial charge in [0.15, 0.2) is 6.29 Å². The van der Waals surface area contributed by atoms with Crippen LogP contribution >= 0.6 is 0 Å². The summed E-state index contributed by atoms with van der Waals surface area (Å²) >= 11 is 0. The molecule has 0 aliphatic carbocycles. The highest BCUT2D eigenvalue weighted by Gasteiger charge is 2.39. The first-order chi connectivity index (χ1) is 17.7. The van der Waals surface area contributed by atoms with Crippen molar-refractivity contribution in [3.63, 3.8) is 0 Å². The van der Waals surface area contributed by atoms with Gasteiger partial charge in [-0.1, -0.05) is 86.1 Å². The summed E-state index contributed by atoms with van der Waals surface area (Å²) in [6.07, 6.45) is 3.41. The highest BCUT2D eigenvalue weighted by atomic mass is 16.7. The number of nitrogens with zero attached hydrogens (tertiary/aromatic N) is 1. The van der Waals surface area contributed by atoms with Crippen LogP contribution in [-0.4, -0.2) is 35.7 Å². The predicted octanol–water partition coefficient (Wildman–Crippen LogP) is 5.58. The fraction of sp³-hybridized carbons (Fsp3) is 0.419. The van der Waals surface area contributed by atoms with Crippen LogP contribution in [-0.2, 0) is 22.6 Å². The second-order valence-electron chi connectivity index (χ2n) is 10.2. The lowest BCUT2D eigenvalue weighted by molar-refractivity contribution is -0.276. The molecule has 0 saturated carbocycles. The maximum absolute atomic E-state index is 9.48. The van der Waals surface area contributed by atoms with Crippen LogP contribution in [0.1, 0.15) is 60.8 Å². The molecule has 0 aromatic heterocycles. The molecule has 36 heavy (non-hydrogen) atoms. The summed E-state index contributed by atoms with van der Waals surface area (Å²) in [4.78, 5) is 2.55. The maximum Gasteiger partial charge on any atom is 0.184 e. The SMILES string of the molecule is C[C@@H]1[C@H](CN2CCCCC2)O[C@H](c2ccc(-c3ccccc3CN)cc2)O[C@@H]1c1ccc(CO)cc1. The van der Waals surface area contributed by atoms with E-state index in [0.29, 0.717) is 6.54 Å². The first kappa shape index (κ1) is 25.1. The summed E-state index contributed by atoms with van der Waals surface area (Å²) in [5, 5.41) is 9.48. The summed E-state index contributed by atoms with van der Waals surface area (Å²) in [5.41, 5.74) is 12.5. The van der Waals surface area contributed by atoms with Crippen LogP contribution in [0, 0.1) is 5.92 Å². The van der Waals surface area contributed by atoms with Gasteiger partial charge in [-0.25, -0.2) is 0 Å². The molecule has 2 fully saturated rings. The molecule has 2 aliphatic heterocycles. The molecule has 2 aliphatic rings. The van der Waals surface area contributed by atoms with Crippen molar-refractivity contribution in [2.75, 3.05) is 19.6 Å². The van der Waals surface area contributed by atoms with Crippen molar-refractivity contribution in [3.05, 3.63) is 95.1 Å². The molecule has 0 unspecified atom stereocenters. The number of hydrogen-bond donors (Lipinski definition) is 2. The lowest BCUT2D eigenvalue weighted by Gasteiger charge is -2.43. The molecule has 2 heterocycles. The Labute approximate surface area is 214 Å². The van der Waals surface area contributed by atoms with Gasteiger partial charge >= 0.3 is 0 Å². The normalized spacial score (nSPS) is 25.1. The minimum Gasteiger partial charge on any atom is -0.392 e. The molecule has 0 amide bonds. The molecule has 0 bridgehead atoms. The number of aliphatic hydroxyl groups is 1.